The number of nitrogens with zero attached hydrogens (tertiary/aromatic N) is 2. The molecule has 1 N–H and O–H groups in total. The molecular weight excluding hydrogens is 554 g/mol. The molecule has 0 unspecified atom stereocenters. The molecule has 3 rings (SSSR count). The van der Waals surface area contributed by atoms with E-state index in [1.807, 2.05) is 13.0 Å². The van der Waals surface area contributed by atoms with Crippen LogP contribution in [0.2, 0.25) is 5.02 Å². The van der Waals surface area contributed by atoms with Gasteiger partial charge >= 0.3 is 0 Å². The van der Waals surface area contributed by atoms with E-state index in [-0.39, 0.29) is 18.5 Å². The second-order valence-electron chi connectivity index (χ2n) is 9.02. The van der Waals surface area contributed by atoms with Crippen molar-refractivity contribution in [3.8, 4) is 0 Å². The zero-order valence-corrected chi connectivity index (χ0v) is 23.3. The van der Waals surface area contributed by atoms with Crippen molar-refractivity contribution in [2.75, 3.05) is 17.1 Å². The van der Waals surface area contributed by atoms with Gasteiger partial charge in [-0.1, -0.05) is 52.5 Å². The highest BCUT2D eigenvalue weighted by atomic mass is 79.9. The van der Waals surface area contributed by atoms with Crippen LogP contribution in [0.4, 0.5) is 5.69 Å². The lowest BCUT2D eigenvalue weighted by molar-refractivity contribution is -0.139. The van der Waals surface area contributed by atoms with E-state index >= 15 is 0 Å². The maximum Gasteiger partial charge on any atom is 0.244 e. The minimum Gasteiger partial charge on any atom is -0.352 e. The molecule has 0 heterocycles. The largest absolute Gasteiger partial charge is 0.352 e. The van der Waals surface area contributed by atoms with Crippen LogP contribution in [-0.2, 0) is 26.2 Å². The summed E-state index contributed by atoms with van der Waals surface area (Å²) in [5.41, 5.74) is 1.97. The van der Waals surface area contributed by atoms with Crippen LogP contribution >= 0.6 is 27.5 Å². The number of nitrogens with one attached hydrogen (secondary N) is 1. The predicted octanol–water partition coefficient (Wildman–Crippen LogP) is 4.65. The fraction of sp³-hybridized carbons (Fsp3) is 0.440. The van der Waals surface area contributed by atoms with Gasteiger partial charge in [-0.25, -0.2) is 8.42 Å². The Morgan fingerprint density at radius 1 is 1.17 bits per heavy atom. The van der Waals surface area contributed by atoms with E-state index in [9.17, 15) is 18.0 Å². The quantitative estimate of drug-likeness (QED) is 0.465. The molecule has 7 nitrogen and oxygen atoms in total. The second kappa shape index (κ2) is 11.8. The standard InChI is InChI=1S/C25H31BrClN3O4S/c1-17-13-22(11-12-23(17)26)30(35(3,33)34)16-24(31)29(15-19-7-6-8-20(27)14-19)18(2)25(32)28-21-9-4-5-10-21/h6-8,11-14,18,21H,4-5,9-10,15-16H2,1-3H3,(H,28,32)/t18-/m1/s1. The molecule has 35 heavy (non-hydrogen) atoms. The maximum atomic E-state index is 13.6. The number of anilines is 1. The van der Waals surface area contributed by atoms with Gasteiger partial charge < -0.3 is 10.2 Å². The van der Waals surface area contributed by atoms with Gasteiger partial charge in [0.15, 0.2) is 0 Å². The van der Waals surface area contributed by atoms with Crippen molar-refractivity contribution in [1.82, 2.24) is 10.2 Å². The van der Waals surface area contributed by atoms with Crippen LogP contribution in [0.1, 0.15) is 43.7 Å². The lowest BCUT2D eigenvalue weighted by Gasteiger charge is -2.32. The van der Waals surface area contributed by atoms with Gasteiger partial charge in [0.2, 0.25) is 21.8 Å². The fourth-order valence-corrected chi connectivity index (χ4v) is 5.51. The normalized spacial score (nSPS) is 15.0. The van der Waals surface area contributed by atoms with Crippen LogP contribution < -0.4 is 9.62 Å². The summed E-state index contributed by atoms with van der Waals surface area (Å²) < 4.78 is 27.2. The molecule has 0 aromatic heterocycles. The molecule has 0 saturated heterocycles. The molecule has 0 bridgehead atoms. The first-order chi connectivity index (χ1) is 16.5. The third-order valence-electron chi connectivity index (χ3n) is 6.22. The van der Waals surface area contributed by atoms with E-state index in [0.717, 1.165) is 51.8 Å². The molecular formula is C25H31BrClN3O4S. The maximum absolute atomic E-state index is 13.6. The molecule has 1 fully saturated rings. The monoisotopic (exact) mass is 583 g/mol. The molecule has 1 saturated carbocycles. The lowest BCUT2D eigenvalue weighted by Crippen LogP contribution is -2.52. The average molecular weight is 585 g/mol. The summed E-state index contributed by atoms with van der Waals surface area (Å²) in [6.45, 7) is 3.20. The van der Waals surface area contributed by atoms with E-state index in [4.69, 9.17) is 11.6 Å². The molecule has 2 amide bonds. The zero-order chi connectivity index (χ0) is 25.8. The number of sulfonamides is 1. The van der Waals surface area contributed by atoms with E-state index in [0.29, 0.717) is 10.7 Å². The smallest absolute Gasteiger partial charge is 0.244 e. The van der Waals surface area contributed by atoms with Crippen molar-refractivity contribution in [2.24, 2.45) is 0 Å². The van der Waals surface area contributed by atoms with E-state index in [2.05, 4.69) is 21.2 Å². The first-order valence-corrected chi connectivity index (χ1v) is 14.6. The Kier molecular flexibility index (Phi) is 9.23. The van der Waals surface area contributed by atoms with E-state index in [1.165, 1.54) is 4.90 Å². The second-order valence-corrected chi connectivity index (χ2v) is 12.2. The molecule has 10 heteroatoms. The summed E-state index contributed by atoms with van der Waals surface area (Å²) in [4.78, 5) is 28.1. The first kappa shape index (κ1) is 27.5. The van der Waals surface area contributed by atoms with Crippen molar-refractivity contribution in [1.29, 1.82) is 0 Å². The predicted molar refractivity (Wildman–Crippen MR) is 143 cm³/mol. The minimum absolute atomic E-state index is 0.103. The van der Waals surface area contributed by atoms with Crippen LogP contribution in [0.3, 0.4) is 0 Å². The number of hydrogen-bond donors (Lipinski definition) is 1. The van der Waals surface area contributed by atoms with Gasteiger partial charge in [0, 0.05) is 22.1 Å². The molecule has 0 spiro atoms. The van der Waals surface area contributed by atoms with Gasteiger partial charge in [-0.15, -0.1) is 0 Å². The summed E-state index contributed by atoms with van der Waals surface area (Å²) >= 11 is 9.56. The van der Waals surface area contributed by atoms with Crippen LogP contribution in [0, 0.1) is 6.92 Å². The number of amides is 2. The SMILES string of the molecule is Cc1cc(N(CC(=O)N(Cc2cccc(Cl)c2)[C@H](C)C(=O)NC2CCCC2)S(C)(=O)=O)ccc1Br. The van der Waals surface area contributed by atoms with Gasteiger partial charge in [0.05, 0.1) is 11.9 Å². The number of carbonyl (C=O) groups excluding carboxylic acids is 2. The Morgan fingerprint density at radius 2 is 1.86 bits per heavy atom. The number of aryl methyl sites for hydroxylation is 1. The highest BCUT2D eigenvalue weighted by molar-refractivity contribution is 9.10. The molecule has 0 aliphatic heterocycles. The van der Waals surface area contributed by atoms with Crippen LogP contribution in [-0.4, -0.2) is 50.0 Å². The van der Waals surface area contributed by atoms with E-state index < -0.39 is 28.5 Å². The summed E-state index contributed by atoms with van der Waals surface area (Å²) in [7, 11) is -3.77. The van der Waals surface area contributed by atoms with Crippen molar-refractivity contribution < 1.29 is 18.0 Å². The number of benzene rings is 2. The Labute approximate surface area is 221 Å². The molecule has 1 atom stereocenters. The Balaban J connectivity index is 1.89. The number of halogens is 2. The molecule has 1 aliphatic rings. The number of carbonyl (C=O) groups is 2. The van der Waals surface area contributed by atoms with Gasteiger partial charge in [-0.05, 0) is 68.1 Å². The molecule has 0 radical (unpaired) electrons. The molecule has 190 valence electrons. The Morgan fingerprint density at radius 3 is 2.46 bits per heavy atom. The van der Waals surface area contributed by atoms with Crippen molar-refractivity contribution in [2.45, 2.75) is 58.2 Å². The van der Waals surface area contributed by atoms with Gasteiger partial charge in [-0.3, -0.25) is 13.9 Å². The van der Waals surface area contributed by atoms with E-state index in [1.54, 1.807) is 43.3 Å². The van der Waals surface area contributed by atoms with Crippen LogP contribution in [0.25, 0.3) is 0 Å². The van der Waals surface area contributed by atoms with Crippen molar-refractivity contribution in [3.63, 3.8) is 0 Å². The van der Waals surface area contributed by atoms with Crippen LogP contribution in [0.15, 0.2) is 46.9 Å². The summed E-state index contributed by atoms with van der Waals surface area (Å²) in [6.07, 6.45) is 5.05. The van der Waals surface area contributed by atoms with Crippen LogP contribution in [0.5, 0.6) is 0 Å². The van der Waals surface area contributed by atoms with Gasteiger partial charge in [0.1, 0.15) is 12.6 Å². The zero-order valence-electron chi connectivity index (χ0n) is 20.1. The molecule has 2 aromatic carbocycles. The summed E-state index contributed by atoms with van der Waals surface area (Å²) in [5.74, 6) is -0.734. The van der Waals surface area contributed by atoms with Crippen molar-refractivity contribution >= 4 is 55.1 Å². The number of hydrogen-bond acceptors (Lipinski definition) is 4. The highest BCUT2D eigenvalue weighted by Gasteiger charge is 2.31. The highest BCUT2D eigenvalue weighted by Crippen LogP contribution is 2.25. The van der Waals surface area contributed by atoms with Crippen molar-refractivity contribution in [3.05, 3.63) is 63.1 Å². The minimum atomic E-state index is -3.77. The fourth-order valence-electron chi connectivity index (χ4n) is 4.20. The first-order valence-electron chi connectivity index (χ1n) is 11.5. The summed E-state index contributed by atoms with van der Waals surface area (Å²) in [5, 5.41) is 3.56. The molecule has 1 aliphatic carbocycles. The third-order valence-corrected chi connectivity index (χ3v) is 8.48. The Hall–Kier alpha value is -2.10. The number of rotatable bonds is 9. The third kappa shape index (κ3) is 7.44. The lowest BCUT2D eigenvalue weighted by atomic mass is 10.1. The average Bonchev–Trinajstić information content (AvgIpc) is 3.29. The summed E-state index contributed by atoms with van der Waals surface area (Å²) in [6, 6.07) is 11.5. The van der Waals surface area contributed by atoms with Gasteiger partial charge in [0.25, 0.3) is 0 Å². The molecule has 2 aromatic rings. The Bertz CT molecular complexity index is 1180. The van der Waals surface area contributed by atoms with Gasteiger partial charge in [-0.2, -0.15) is 0 Å². The topological polar surface area (TPSA) is 86.8 Å².